The van der Waals surface area contributed by atoms with Crippen molar-refractivity contribution in [3.8, 4) is 0 Å². The van der Waals surface area contributed by atoms with Crippen LogP contribution in [0.4, 0.5) is 0 Å². The van der Waals surface area contributed by atoms with Gasteiger partial charge in [0.15, 0.2) is 0 Å². The zero-order valence-corrected chi connectivity index (χ0v) is 11.0. The Balaban J connectivity index is 1.99. The summed E-state index contributed by atoms with van der Waals surface area (Å²) >= 11 is 0. The molecule has 0 bridgehead atoms. The van der Waals surface area contributed by atoms with Gasteiger partial charge >= 0.3 is 0 Å². The number of ether oxygens (including phenoxy) is 1. The fraction of sp³-hybridized carbons (Fsp3) is 0.615. The van der Waals surface area contributed by atoms with Gasteiger partial charge in [-0.3, -0.25) is 19.3 Å². The second-order valence-corrected chi connectivity index (χ2v) is 4.23. The molecule has 0 unspecified atom stereocenters. The average molecular weight is 268 g/mol. The molecule has 1 aliphatic heterocycles. The quantitative estimate of drug-likeness (QED) is 0.369. The van der Waals surface area contributed by atoms with E-state index in [1.807, 2.05) is 0 Å². The van der Waals surface area contributed by atoms with Gasteiger partial charge < -0.3 is 10.1 Å². The number of rotatable bonds is 9. The van der Waals surface area contributed by atoms with Crippen LogP contribution in [0.5, 0.6) is 0 Å². The van der Waals surface area contributed by atoms with Crippen LogP contribution in [-0.2, 0) is 19.1 Å². The molecule has 1 heterocycles. The van der Waals surface area contributed by atoms with Crippen LogP contribution in [0.2, 0.25) is 0 Å². The van der Waals surface area contributed by atoms with Gasteiger partial charge in [0, 0.05) is 25.8 Å². The molecule has 1 saturated heterocycles. The third-order valence-corrected chi connectivity index (χ3v) is 2.76. The summed E-state index contributed by atoms with van der Waals surface area (Å²) in [6.07, 6.45) is 3.39. The van der Waals surface area contributed by atoms with Gasteiger partial charge in [-0.15, -0.1) is 6.58 Å². The topological polar surface area (TPSA) is 75.7 Å². The molecule has 3 amide bonds. The maximum Gasteiger partial charge on any atom is 0.229 e. The Kier molecular flexibility index (Phi) is 6.81. The minimum Gasteiger partial charge on any atom is -0.378 e. The largest absolute Gasteiger partial charge is 0.378 e. The van der Waals surface area contributed by atoms with Crippen LogP contribution in [0.25, 0.3) is 0 Å². The van der Waals surface area contributed by atoms with Crippen molar-refractivity contribution in [2.24, 2.45) is 0 Å². The summed E-state index contributed by atoms with van der Waals surface area (Å²) in [4.78, 5) is 35.0. The summed E-state index contributed by atoms with van der Waals surface area (Å²) in [5.74, 6) is -0.300. The van der Waals surface area contributed by atoms with Gasteiger partial charge in [-0.2, -0.15) is 0 Å². The lowest BCUT2D eigenvalue weighted by molar-refractivity contribution is -0.139. The zero-order valence-electron chi connectivity index (χ0n) is 11.0. The molecule has 1 fully saturated rings. The third kappa shape index (κ3) is 5.65. The van der Waals surface area contributed by atoms with E-state index in [4.69, 9.17) is 4.74 Å². The highest BCUT2D eigenvalue weighted by Gasteiger charge is 2.27. The lowest BCUT2D eigenvalue weighted by atomic mass is 10.3. The monoisotopic (exact) mass is 268 g/mol. The SMILES string of the molecule is C=CCCC(=O)NCCOCCN1C(=O)CCC1=O. The van der Waals surface area contributed by atoms with Gasteiger partial charge in [0.05, 0.1) is 19.8 Å². The number of nitrogens with zero attached hydrogens (tertiary/aromatic N) is 1. The summed E-state index contributed by atoms with van der Waals surface area (Å²) in [7, 11) is 0. The fourth-order valence-electron chi connectivity index (χ4n) is 1.71. The molecule has 106 valence electrons. The Labute approximate surface area is 112 Å². The number of likely N-dealkylation sites (tertiary alicyclic amines) is 1. The molecule has 0 aromatic carbocycles. The normalized spacial score (nSPS) is 14.8. The molecular formula is C13H20N2O4. The number of carbonyl (C=O) groups excluding carboxylic acids is 3. The first kappa shape index (κ1) is 15.4. The molecular weight excluding hydrogens is 248 g/mol. The fourth-order valence-corrected chi connectivity index (χ4v) is 1.71. The molecule has 0 atom stereocenters. The van der Waals surface area contributed by atoms with Crippen molar-refractivity contribution >= 4 is 17.7 Å². The summed E-state index contributed by atoms with van der Waals surface area (Å²) in [6, 6.07) is 0. The molecule has 6 heteroatoms. The number of hydrogen-bond donors (Lipinski definition) is 1. The molecule has 0 radical (unpaired) electrons. The minimum atomic E-state index is -0.133. The molecule has 0 aliphatic carbocycles. The molecule has 0 aromatic heterocycles. The number of amides is 3. The van der Waals surface area contributed by atoms with Gasteiger partial charge in [0.25, 0.3) is 0 Å². The lowest BCUT2D eigenvalue weighted by Gasteiger charge is -2.13. The van der Waals surface area contributed by atoms with Crippen LogP contribution in [0.15, 0.2) is 12.7 Å². The number of carbonyl (C=O) groups is 3. The predicted octanol–water partition coefficient (Wildman–Crippen LogP) is 0.234. The number of hydrogen-bond acceptors (Lipinski definition) is 4. The van der Waals surface area contributed by atoms with Crippen LogP contribution in [0.1, 0.15) is 25.7 Å². The smallest absolute Gasteiger partial charge is 0.229 e. The average Bonchev–Trinajstić information content (AvgIpc) is 2.71. The molecule has 0 saturated carbocycles. The zero-order chi connectivity index (χ0) is 14.1. The van der Waals surface area contributed by atoms with Gasteiger partial charge in [0.2, 0.25) is 17.7 Å². The molecule has 0 aromatic rings. The highest BCUT2D eigenvalue weighted by molar-refractivity contribution is 6.01. The van der Waals surface area contributed by atoms with Gasteiger partial charge in [-0.05, 0) is 6.42 Å². The van der Waals surface area contributed by atoms with Gasteiger partial charge in [-0.1, -0.05) is 6.08 Å². The van der Waals surface area contributed by atoms with E-state index in [1.54, 1.807) is 6.08 Å². The Morgan fingerprint density at radius 2 is 2.00 bits per heavy atom. The Bertz CT molecular complexity index is 339. The van der Waals surface area contributed by atoms with Crippen molar-refractivity contribution in [2.45, 2.75) is 25.7 Å². The molecule has 1 N–H and O–H groups in total. The molecule has 1 rings (SSSR count). The van der Waals surface area contributed by atoms with E-state index in [-0.39, 0.29) is 17.7 Å². The Morgan fingerprint density at radius 3 is 2.63 bits per heavy atom. The van der Waals surface area contributed by atoms with Crippen molar-refractivity contribution in [1.29, 1.82) is 0 Å². The Hall–Kier alpha value is -1.69. The molecule has 6 nitrogen and oxygen atoms in total. The van der Waals surface area contributed by atoms with Crippen LogP contribution in [-0.4, -0.2) is 48.9 Å². The van der Waals surface area contributed by atoms with Crippen LogP contribution in [0.3, 0.4) is 0 Å². The summed E-state index contributed by atoms with van der Waals surface area (Å²) in [6.45, 7) is 4.94. The lowest BCUT2D eigenvalue weighted by Crippen LogP contribution is -2.33. The highest BCUT2D eigenvalue weighted by atomic mass is 16.5. The summed E-state index contributed by atoms with van der Waals surface area (Å²) in [5, 5.41) is 2.70. The molecule has 19 heavy (non-hydrogen) atoms. The van der Waals surface area contributed by atoms with Crippen molar-refractivity contribution in [3.63, 3.8) is 0 Å². The highest BCUT2D eigenvalue weighted by Crippen LogP contribution is 2.10. The maximum atomic E-state index is 11.3. The van der Waals surface area contributed by atoms with E-state index in [0.717, 1.165) is 0 Å². The van der Waals surface area contributed by atoms with Crippen molar-refractivity contribution in [3.05, 3.63) is 12.7 Å². The first-order valence-electron chi connectivity index (χ1n) is 6.43. The maximum absolute atomic E-state index is 11.3. The molecule has 0 spiro atoms. The van der Waals surface area contributed by atoms with Crippen LogP contribution < -0.4 is 5.32 Å². The van der Waals surface area contributed by atoms with E-state index in [9.17, 15) is 14.4 Å². The first-order valence-corrected chi connectivity index (χ1v) is 6.43. The van der Waals surface area contributed by atoms with E-state index in [2.05, 4.69) is 11.9 Å². The number of allylic oxidation sites excluding steroid dienone is 1. The third-order valence-electron chi connectivity index (χ3n) is 2.76. The van der Waals surface area contributed by atoms with Crippen molar-refractivity contribution in [1.82, 2.24) is 10.2 Å². The minimum absolute atomic E-state index is 0.0339. The van der Waals surface area contributed by atoms with E-state index >= 15 is 0 Å². The summed E-state index contributed by atoms with van der Waals surface area (Å²) < 4.78 is 5.27. The van der Waals surface area contributed by atoms with E-state index < -0.39 is 0 Å². The second-order valence-electron chi connectivity index (χ2n) is 4.23. The Morgan fingerprint density at radius 1 is 1.32 bits per heavy atom. The number of imide groups is 1. The predicted molar refractivity (Wildman–Crippen MR) is 69.2 cm³/mol. The van der Waals surface area contributed by atoms with E-state index in [0.29, 0.717) is 52.0 Å². The standard InChI is InChI=1S/C13H20N2O4/c1-2-3-4-11(16)14-7-9-19-10-8-15-12(17)5-6-13(15)18/h2H,1,3-10H2,(H,14,16). The molecule has 1 aliphatic rings. The van der Waals surface area contributed by atoms with E-state index in [1.165, 1.54) is 4.90 Å². The van der Waals surface area contributed by atoms with Crippen LogP contribution >= 0.6 is 0 Å². The second kappa shape index (κ2) is 8.42. The van der Waals surface area contributed by atoms with Crippen LogP contribution in [0, 0.1) is 0 Å². The van der Waals surface area contributed by atoms with Crippen molar-refractivity contribution in [2.75, 3.05) is 26.3 Å². The number of nitrogens with one attached hydrogen (secondary N) is 1. The van der Waals surface area contributed by atoms with Gasteiger partial charge in [-0.25, -0.2) is 0 Å². The summed E-state index contributed by atoms with van der Waals surface area (Å²) in [5.41, 5.74) is 0. The van der Waals surface area contributed by atoms with Crippen molar-refractivity contribution < 1.29 is 19.1 Å². The van der Waals surface area contributed by atoms with Gasteiger partial charge in [0.1, 0.15) is 0 Å². The first-order chi connectivity index (χ1) is 9.15.